The first-order valence-electron chi connectivity index (χ1n) is 9.52. The third kappa shape index (κ3) is 4.16. The molecular formula is C23H28ClN. The lowest BCUT2D eigenvalue weighted by atomic mass is 9.93. The molecule has 0 unspecified atom stereocenters. The van der Waals surface area contributed by atoms with Crippen LogP contribution in [0.2, 0.25) is 0 Å². The maximum Gasteiger partial charge on any atom is 0.0146 e. The molecule has 2 aromatic carbocycles. The zero-order valence-corrected chi connectivity index (χ0v) is 15.7. The van der Waals surface area contributed by atoms with Crippen molar-refractivity contribution < 1.29 is 0 Å². The van der Waals surface area contributed by atoms with Crippen LogP contribution in [0.1, 0.15) is 54.4 Å². The molecule has 132 valence electrons. The monoisotopic (exact) mass is 353 g/mol. The number of fused-ring (bicyclic) bond motifs is 2. The van der Waals surface area contributed by atoms with Gasteiger partial charge in [-0.25, -0.2) is 0 Å². The van der Waals surface area contributed by atoms with Gasteiger partial charge in [0, 0.05) is 12.6 Å². The highest BCUT2D eigenvalue weighted by Gasteiger charge is 2.17. The van der Waals surface area contributed by atoms with Crippen molar-refractivity contribution in [2.75, 3.05) is 6.54 Å². The molecule has 0 amide bonds. The standard InChI is InChI=1S/C23H27N.ClH/c1-2-10-20(11-3-1)24-17-16-23-21-12-6-4-8-18(21)14-15-19-9-5-7-13-22(19)23;/h4-9,12-13,16,20,24H,1-3,10-11,14-15,17H2;1H. The van der Waals surface area contributed by atoms with Gasteiger partial charge in [0.1, 0.15) is 0 Å². The lowest BCUT2D eigenvalue weighted by molar-refractivity contribution is 0.385. The van der Waals surface area contributed by atoms with Crippen LogP contribution in [0.25, 0.3) is 5.57 Å². The molecule has 0 atom stereocenters. The van der Waals surface area contributed by atoms with E-state index in [1.165, 1.54) is 59.9 Å². The molecule has 2 aliphatic carbocycles. The maximum atomic E-state index is 3.77. The van der Waals surface area contributed by atoms with E-state index in [0.29, 0.717) is 6.04 Å². The molecule has 0 heterocycles. The van der Waals surface area contributed by atoms with Crippen LogP contribution in [0, 0.1) is 0 Å². The topological polar surface area (TPSA) is 12.0 Å². The minimum absolute atomic E-state index is 0. The predicted octanol–water partition coefficient (Wildman–Crippen LogP) is 5.56. The number of nitrogens with one attached hydrogen (secondary N) is 1. The van der Waals surface area contributed by atoms with E-state index in [9.17, 15) is 0 Å². The summed E-state index contributed by atoms with van der Waals surface area (Å²) in [5.74, 6) is 0. The molecule has 1 nitrogen and oxygen atoms in total. The van der Waals surface area contributed by atoms with E-state index >= 15 is 0 Å². The van der Waals surface area contributed by atoms with E-state index in [1.807, 2.05) is 0 Å². The molecule has 0 radical (unpaired) electrons. The third-order valence-electron chi connectivity index (χ3n) is 5.60. The highest BCUT2D eigenvalue weighted by Crippen LogP contribution is 2.33. The van der Waals surface area contributed by atoms with Crippen molar-refractivity contribution in [2.24, 2.45) is 0 Å². The fourth-order valence-corrected chi connectivity index (χ4v) is 4.27. The Bertz CT molecular complexity index is 679. The molecule has 2 heteroatoms. The van der Waals surface area contributed by atoms with Crippen LogP contribution >= 0.6 is 12.4 Å². The predicted molar refractivity (Wildman–Crippen MR) is 109 cm³/mol. The Labute approximate surface area is 158 Å². The molecule has 2 aliphatic rings. The lowest BCUT2D eigenvalue weighted by Crippen LogP contribution is -2.31. The first kappa shape index (κ1) is 18.2. The van der Waals surface area contributed by atoms with Crippen molar-refractivity contribution in [3.8, 4) is 0 Å². The van der Waals surface area contributed by atoms with E-state index in [0.717, 1.165) is 19.4 Å². The molecule has 1 saturated carbocycles. The highest BCUT2D eigenvalue weighted by molar-refractivity contribution is 5.85. The van der Waals surface area contributed by atoms with Gasteiger partial charge in [0.15, 0.2) is 0 Å². The second kappa shape index (κ2) is 8.69. The Balaban J connectivity index is 0.00000182. The van der Waals surface area contributed by atoms with Crippen LogP contribution in [0.5, 0.6) is 0 Å². The molecule has 2 aromatic rings. The van der Waals surface area contributed by atoms with E-state index in [4.69, 9.17) is 0 Å². The fraction of sp³-hybridized carbons (Fsp3) is 0.391. The van der Waals surface area contributed by atoms with Gasteiger partial charge in [0.25, 0.3) is 0 Å². The first-order valence-corrected chi connectivity index (χ1v) is 9.52. The van der Waals surface area contributed by atoms with Crippen molar-refractivity contribution in [2.45, 2.75) is 51.0 Å². The summed E-state index contributed by atoms with van der Waals surface area (Å²) < 4.78 is 0. The maximum absolute atomic E-state index is 3.77. The number of aryl methyl sites for hydroxylation is 2. The quantitative estimate of drug-likeness (QED) is 0.761. The summed E-state index contributed by atoms with van der Waals surface area (Å²) in [5.41, 5.74) is 7.23. The average molecular weight is 354 g/mol. The van der Waals surface area contributed by atoms with Crippen LogP contribution in [0.4, 0.5) is 0 Å². The summed E-state index contributed by atoms with van der Waals surface area (Å²) in [6.45, 7) is 0.975. The van der Waals surface area contributed by atoms with E-state index in [2.05, 4.69) is 59.9 Å². The molecular weight excluding hydrogens is 326 g/mol. The molecule has 0 aromatic heterocycles. The molecule has 0 bridgehead atoms. The van der Waals surface area contributed by atoms with Crippen LogP contribution in [-0.4, -0.2) is 12.6 Å². The van der Waals surface area contributed by atoms with Gasteiger partial charge in [0.2, 0.25) is 0 Å². The van der Waals surface area contributed by atoms with E-state index < -0.39 is 0 Å². The minimum Gasteiger partial charge on any atom is -0.310 e. The summed E-state index contributed by atoms with van der Waals surface area (Å²) in [6, 6.07) is 18.6. The minimum atomic E-state index is 0. The first-order chi connectivity index (χ1) is 11.9. The summed E-state index contributed by atoms with van der Waals surface area (Å²) in [4.78, 5) is 0. The molecule has 25 heavy (non-hydrogen) atoms. The molecule has 0 aliphatic heterocycles. The van der Waals surface area contributed by atoms with Crippen molar-refractivity contribution in [1.82, 2.24) is 5.32 Å². The molecule has 0 saturated heterocycles. The Kier molecular flexibility index (Phi) is 6.34. The lowest BCUT2D eigenvalue weighted by Gasteiger charge is -2.22. The molecule has 1 N–H and O–H groups in total. The molecule has 1 fully saturated rings. The van der Waals surface area contributed by atoms with Gasteiger partial charge in [-0.05, 0) is 53.5 Å². The van der Waals surface area contributed by atoms with Crippen molar-refractivity contribution in [1.29, 1.82) is 0 Å². The van der Waals surface area contributed by atoms with Gasteiger partial charge in [-0.15, -0.1) is 12.4 Å². The second-order valence-electron chi connectivity index (χ2n) is 7.18. The molecule has 4 rings (SSSR count). The second-order valence-corrected chi connectivity index (χ2v) is 7.18. The van der Waals surface area contributed by atoms with Gasteiger partial charge in [-0.2, -0.15) is 0 Å². The Hall–Kier alpha value is -1.57. The van der Waals surface area contributed by atoms with Crippen molar-refractivity contribution in [3.63, 3.8) is 0 Å². The number of rotatable bonds is 3. The van der Waals surface area contributed by atoms with Gasteiger partial charge < -0.3 is 5.32 Å². The van der Waals surface area contributed by atoms with Crippen LogP contribution in [-0.2, 0) is 12.8 Å². The summed E-state index contributed by atoms with van der Waals surface area (Å²) >= 11 is 0. The van der Waals surface area contributed by atoms with Gasteiger partial charge in [-0.3, -0.25) is 0 Å². The molecule has 0 spiro atoms. The Morgan fingerprint density at radius 3 is 1.96 bits per heavy atom. The normalized spacial score (nSPS) is 17.0. The fourth-order valence-electron chi connectivity index (χ4n) is 4.27. The average Bonchev–Trinajstić information content (AvgIpc) is 2.80. The largest absolute Gasteiger partial charge is 0.310 e. The van der Waals surface area contributed by atoms with Gasteiger partial charge in [0.05, 0.1) is 0 Å². The Morgan fingerprint density at radius 1 is 0.800 bits per heavy atom. The number of hydrogen-bond donors (Lipinski definition) is 1. The van der Waals surface area contributed by atoms with Crippen LogP contribution < -0.4 is 5.32 Å². The number of benzene rings is 2. The zero-order valence-electron chi connectivity index (χ0n) is 14.8. The smallest absolute Gasteiger partial charge is 0.0146 e. The SMILES string of the molecule is C(CNC1CCCCC1)=C1c2ccccc2CCc2ccccc21.Cl. The summed E-state index contributed by atoms with van der Waals surface area (Å²) in [7, 11) is 0. The van der Waals surface area contributed by atoms with Gasteiger partial charge in [-0.1, -0.05) is 73.9 Å². The van der Waals surface area contributed by atoms with Gasteiger partial charge >= 0.3 is 0 Å². The number of hydrogen-bond acceptors (Lipinski definition) is 1. The zero-order chi connectivity index (χ0) is 16.2. The van der Waals surface area contributed by atoms with E-state index in [1.54, 1.807) is 0 Å². The van der Waals surface area contributed by atoms with E-state index in [-0.39, 0.29) is 12.4 Å². The Morgan fingerprint density at radius 2 is 1.36 bits per heavy atom. The van der Waals surface area contributed by atoms with Crippen molar-refractivity contribution in [3.05, 3.63) is 76.9 Å². The van der Waals surface area contributed by atoms with Crippen LogP contribution in [0.3, 0.4) is 0 Å². The third-order valence-corrected chi connectivity index (χ3v) is 5.60. The summed E-state index contributed by atoms with van der Waals surface area (Å²) in [5, 5.41) is 3.77. The van der Waals surface area contributed by atoms with Crippen molar-refractivity contribution >= 4 is 18.0 Å². The summed E-state index contributed by atoms with van der Waals surface area (Å²) in [6.07, 6.45) is 11.6. The number of halogens is 1. The highest BCUT2D eigenvalue weighted by atomic mass is 35.5. The van der Waals surface area contributed by atoms with Crippen LogP contribution in [0.15, 0.2) is 54.6 Å².